The van der Waals surface area contributed by atoms with Gasteiger partial charge in [-0.15, -0.1) is 0 Å². The van der Waals surface area contributed by atoms with E-state index in [1.807, 2.05) is 0 Å². The Morgan fingerprint density at radius 1 is 1.23 bits per heavy atom. The molecule has 6 nitrogen and oxygen atoms in total. The first-order valence-corrected chi connectivity index (χ1v) is 10.3. The highest BCUT2D eigenvalue weighted by atomic mass is 32.2. The Balaban J connectivity index is 1.94. The predicted molar refractivity (Wildman–Crippen MR) is 109 cm³/mol. The zero-order valence-corrected chi connectivity index (χ0v) is 17.6. The molecule has 0 saturated carbocycles. The molecule has 0 atom stereocenters. The first-order valence-electron chi connectivity index (χ1n) is 9.44. The van der Waals surface area contributed by atoms with Gasteiger partial charge in [0.15, 0.2) is 0 Å². The lowest BCUT2D eigenvalue weighted by Gasteiger charge is -2.37. The second-order valence-electron chi connectivity index (χ2n) is 7.39. The summed E-state index contributed by atoms with van der Waals surface area (Å²) in [7, 11) is 1.65. The van der Waals surface area contributed by atoms with Gasteiger partial charge < -0.3 is 15.3 Å². The summed E-state index contributed by atoms with van der Waals surface area (Å²) < 4.78 is 70.4. The Morgan fingerprint density at radius 3 is 2.48 bits per heavy atom. The third-order valence-electron chi connectivity index (χ3n) is 4.94. The van der Waals surface area contributed by atoms with Gasteiger partial charge in [-0.2, -0.15) is 18.2 Å². The summed E-state index contributed by atoms with van der Waals surface area (Å²) in [6, 6.07) is 4.28. The molecule has 2 heterocycles. The fraction of sp³-hybridized carbons (Fsp3) is 0.474. The minimum absolute atomic E-state index is 0.00254. The standard InChI is InChI=1S/C19H22F5N5OS/c1-18(30)5-7-29(8-6-18)16-13(19(22,23)24)10-26-17(28-16)27-14-4-3-11(31-25-2)9-12(14)15(20)21/h3-4,9-10,15,25,30H,5-8H2,1-2H3,(H,26,27,28). The average Bonchev–Trinajstić information content (AvgIpc) is 2.68. The lowest BCUT2D eigenvalue weighted by molar-refractivity contribution is -0.137. The first-order chi connectivity index (χ1) is 14.5. The van der Waals surface area contributed by atoms with Crippen molar-refractivity contribution in [3.63, 3.8) is 0 Å². The van der Waals surface area contributed by atoms with Crippen LogP contribution in [0.5, 0.6) is 0 Å². The van der Waals surface area contributed by atoms with Crippen molar-refractivity contribution in [1.82, 2.24) is 14.7 Å². The molecule has 1 saturated heterocycles. The molecular weight excluding hydrogens is 441 g/mol. The van der Waals surface area contributed by atoms with Gasteiger partial charge in [0.05, 0.1) is 5.60 Å². The van der Waals surface area contributed by atoms with Gasteiger partial charge in [0, 0.05) is 35.4 Å². The van der Waals surface area contributed by atoms with Crippen molar-refractivity contribution >= 4 is 29.4 Å². The van der Waals surface area contributed by atoms with E-state index in [1.165, 1.54) is 17.0 Å². The van der Waals surface area contributed by atoms with Crippen LogP contribution in [0, 0.1) is 0 Å². The number of hydrogen-bond acceptors (Lipinski definition) is 7. The minimum Gasteiger partial charge on any atom is -0.390 e. The SMILES string of the molecule is CNSc1ccc(Nc2ncc(C(F)(F)F)c(N3CCC(C)(O)CC3)n2)c(C(F)F)c1. The van der Waals surface area contributed by atoms with Crippen molar-refractivity contribution in [3.8, 4) is 0 Å². The minimum atomic E-state index is -4.69. The lowest BCUT2D eigenvalue weighted by Crippen LogP contribution is -2.43. The van der Waals surface area contributed by atoms with Gasteiger partial charge >= 0.3 is 6.18 Å². The van der Waals surface area contributed by atoms with Gasteiger partial charge in [0.25, 0.3) is 6.43 Å². The van der Waals surface area contributed by atoms with Crippen LogP contribution in [0.1, 0.15) is 37.3 Å². The molecule has 0 unspecified atom stereocenters. The molecule has 0 radical (unpaired) electrons. The Labute approximate surface area is 180 Å². The molecule has 3 N–H and O–H groups in total. The Kier molecular flexibility index (Phi) is 6.92. The fourth-order valence-electron chi connectivity index (χ4n) is 3.21. The van der Waals surface area contributed by atoms with Gasteiger partial charge in [-0.25, -0.2) is 13.8 Å². The van der Waals surface area contributed by atoms with Crippen LogP contribution in [0.3, 0.4) is 0 Å². The van der Waals surface area contributed by atoms with E-state index in [-0.39, 0.29) is 48.9 Å². The van der Waals surface area contributed by atoms with E-state index < -0.39 is 23.8 Å². The van der Waals surface area contributed by atoms with Gasteiger partial charge in [0.1, 0.15) is 11.4 Å². The molecule has 3 rings (SSSR count). The van der Waals surface area contributed by atoms with E-state index >= 15 is 0 Å². The molecule has 1 aromatic carbocycles. The number of hydrogen-bond donors (Lipinski definition) is 3. The molecule has 1 aromatic heterocycles. The third-order valence-corrected chi connectivity index (χ3v) is 5.63. The smallest absolute Gasteiger partial charge is 0.390 e. The van der Waals surface area contributed by atoms with Gasteiger partial charge in [-0.3, -0.25) is 4.72 Å². The monoisotopic (exact) mass is 463 g/mol. The highest BCUT2D eigenvalue weighted by Crippen LogP contribution is 2.38. The molecule has 1 aliphatic rings. The first kappa shape index (κ1) is 23.5. The van der Waals surface area contributed by atoms with Gasteiger partial charge in [-0.1, -0.05) is 0 Å². The van der Waals surface area contributed by atoms with E-state index in [0.717, 1.165) is 11.9 Å². The summed E-state index contributed by atoms with van der Waals surface area (Å²) in [5.41, 5.74) is -2.29. The molecule has 1 aliphatic heterocycles. The second kappa shape index (κ2) is 9.13. The Morgan fingerprint density at radius 2 is 1.90 bits per heavy atom. The van der Waals surface area contributed by atoms with Crippen LogP contribution < -0.4 is 14.9 Å². The maximum atomic E-state index is 13.5. The number of anilines is 3. The molecule has 0 aliphatic carbocycles. The third kappa shape index (κ3) is 5.74. The molecule has 2 aromatic rings. The lowest BCUT2D eigenvalue weighted by atomic mass is 9.94. The molecule has 0 spiro atoms. The predicted octanol–water partition coefficient (Wildman–Crippen LogP) is 4.75. The normalized spacial score (nSPS) is 16.6. The van der Waals surface area contributed by atoms with Gasteiger partial charge in [-0.05, 0) is 57.0 Å². The molecule has 0 amide bonds. The number of halogens is 5. The van der Waals surface area contributed by atoms with Crippen molar-refractivity contribution in [2.24, 2.45) is 0 Å². The summed E-state index contributed by atoms with van der Waals surface area (Å²) in [5.74, 6) is -0.572. The molecule has 12 heteroatoms. The zero-order chi connectivity index (χ0) is 22.8. The fourth-order valence-corrected chi connectivity index (χ4v) is 3.77. The maximum absolute atomic E-state index is 13.5. The Bertz CT molecular complexity index is 915. The summed E-state index contributed by atoms with van der Waals surface area (Å²) in [6.07, 6.45) is -6.30. The highest BCUT2D eigenvalue weighted by Gasteiger charge is 2.38. The van der Waals surface area contributed by atoms with Gasteiger partial charge in [0.2, 0.25) is 5.95 Å². The van der Waals surface area contributed by atoms with Crippen molar-refractivity contribution in [1.29, 1.82) is 0 Å². The van der Waals surface area contributed by atoms with Crippen LogP contribution in [0.15, 0.2) is 29.3 Å². The van der Waals surface area contributed by atoms with E-state index in [1.54, 1.807) is 20.0 Å². The van der Waals surface area contributed by atoms with Crippen LogP contribution in [-0.4, -0.2) is 40.8 Å². The summed E-state index contributed by atoms with van der Waals surface area (Å²) in [4.78, 5) is 9.69. The van der Waals surface area contributed by atoms with E-state index in [4.69, 9.17) is 0 Å². The number of nitrogens with one attached hydrogen (secondary N) is 2. The van der Waals surface area contributed by atoms with Crippen LogP contribution in [0.2, 0.25) is 0 Å². The topological polar surface area (TPSA) is 73.3 Å². The van der Waals surface area contributed by atoms with E-state index in [9.17, 15) is 27.1 Å². The molecular formula is C19H22F5N5OS. The summed E-state index contributed by atoms with van der Waals surface area (Å²) in [6.45, 7) is 1.97. The number of piperidine rings is 1. The quantitative estimate of drug-likeness (QED) is 0.422. The van der Waals surface area contributed by atoms with Crippen molar-refractivity contribution < 1.29 is 27.1 Å². The van der Waals surface area contributed by atoms with Crippen molar-refractivity contribution in [3.05, 3.63) is 35.5 Å². The van der Waals surface area contributed by atoms with Crippen LogP contribution in [0.25, 0.3) is 0 Å². The number of aliphatic hydroxyl groups is 1. The van der Waals surface area contributed by atoms with Crippen molar-refractivity contribution in [2.75, 3.05) is 30.4 Å². The van der Waals surface area contributed by atoms with Crippen LogP contribution in [0.4, 0.5) is 39.4 Å². The summed E-state index contributed by atoms with van der Waals surface area (Å²) >= 11 is 1.15. The average molecular weight is 463 g/mol. The largest absolute Gasteiger partial charge is 0.421 e. The van der Waals surface area contributed by atoms with Crippen LogP contribution in [-0.2, 0) is 6.18 Å². The zero-order valence-electron chi connectivity index (χ0n) is 16.8. The number of rotatable bonds is 6. The van der Waals surface area contributed by atoms with E-state index in [0.29, 0.717) is 11.1 Å². The molecule has 31 heavy (non-hydrogen) atoms. The molecule has 1 fully saturated rings. The van der Waals surface area contributed by atoms with Crippen LogP contribution >= 0.6 is 11.9 Å². The number of nitrogens with zero attached hydrogens (tertiary/aromatic N) is 3. The maximum Gasteiger partial charge on any atom is 0.421 e. The molecule has 170 valence electrons. The summed E-state index contributed by atoms with van der Waals surface area (Å²) in [5, 5.41) is 12.7. The number of aromatic nitrogens is 2. The van der Waals surface area contributed by atoms with Crippen molar-refractivity contribution in [2.45, 2.75) is 42.9 Å². The van der Waals surface area contributed by atoms with E-state index in [2.05, 4.69) is 20.0 Å². The Hall–Kier alpha value is -2.18. The number of benzene rings is 1. The number of alkyl halides is 5. The molecule has 0 bridgehead atoms. The highest BCUT2D eigenvalue weighted by molar-refractivity contribution is 7.97. The second-order valence-corrected chi connectivity index (χ2v) is 8.48.